The average molecular weight is 1020 g/mol. The quantitative estimate of drug-likeness (QED) is 0.0109. The molecule has 20 heteroatoms. The molecule has 72 heavy (non-hydrogen) atoms. The SMILES string of the molecule is Cl.N[C@@H](CCCNC(=O)OCc1ccccc1)C(=O)N[C@@H](Cc1cccc(-c2ccc(OCc3ccccc3)c(C[C@H](NC(=O)OCc3ccccc3)C(=O)Oc3c(F)c(F)c(F)c(F)c3F)c2)c1)C(=O)O. The molecule has 0 aliphatic rings. The second-order valence-corrected chi connectivity index (χ2v) is 15.9. The predicted molar refractivity (Wildman–Crippen MR) is 254 cm³/mol. The number of carboxylic acid groups (broad SMARTS) is 1. The predicted octanol–water partition coefficient (Wildman–Crippen LogP) is 8.64. The van der Waals surface area contributed by atoms with Gasteiger partial charge in [-0.25, -0.2) is 32.3 Å². The molecule has 378 valence electrons. The summed E-state index contributed by atoms with van der Waals surface area (Å²) in [5.74, 6) is -17.5. The number of esters is 1. The van der Waals surface area contributed by atoms with E-state index in [1.165, 1.54) is 6.07 Å². The molecule has 0 heterocycles. The summed E-state index contributed by atoms with van der Waals surface area (Å²) < 4.78 is 93.2. The van der Waals surface area contributed by atoms with Crippen LogP contribution >= 0.6 is 12.4 Å². The summed E-state index contributed by atoms with van der Waals surface area (Å²) in [6.45, 7) is -0.0633. The van der Waals surface area contributed by atoms with Crippen molar-refractivity contribution in [1.82, 2.24) is 16.0 Å². The van der Waals surface area contributed by atoms with E-state index in [0.29, 0.717) is 22.3 Å². The third-order valence-electron chi connectivity index (χ3n) is 10.7. The third-order valence-corrected chi connectivity index (χ3v) is 10.7. The zero-order valence-corrected chi connectivity index (χ0v) is 38.9. The lowest BCUT2D eigenvalue weighted by Gasteiger charge is -2.21. The first kappa shape index (κ1) is 54.9. The number of amides is 3. The van der Waals surface area contributed by atoms with Gasteiger partial charge in [0.1, 0.15) is 37.7 Å². The summed E-state index contributed by atoms with van der Waals surface area (Å²) in [5, 5.41) is 17.4. The van der Waals surface area contributed by atoms with E-state index in [1.807, 2.05) is 18.2 Å². The first-order valence-corrected chi connectivity index (χ1v) is 22.0. The lowest BCUT2D eigenvalue weighted by molar-refractivity contribution is -0.142. The molecule has 3 amide bonds. The first-order chi connectivity index (χ1) is 34.2. The number of carbonyl (C=O) groups is 5. The Balaban J connectivity index is 0.00000963. The zero-order valence-electron chi connectivity index (χ0n) is 38.1. The molecule has 14 nitrogen and oxygen atoms in total. The van der Waals surface area contributed by atoms with Crippen LogP contribution in [-0.2, 0) is 56.5 Å². The van der Waals surface area contributed by atoms with Gasteiger partial charge in [0.25, 0.3) is 0 Å². The minimum absolute atomic E-state index is 0. The Morgan fingerprint density at radius 2 is 1.10 bits per heavy atom. The van der Waals surface area contributed by atoms with Crippen LogP contribution in [0.3, 0.4) is 0 Å². The van der Waals surface area contributed by atoms with Crippen molar-refractivity contribution < 1.29 is 70.0 Å². The van der Waals surface area contributed by atoms with Crippen LogP contribution in [0.1, 0.15) is 40.7 Å². The van der Waals surface area contributed by atoms with Crippen LogP contribution in [0, 0.1) is 29.1 Å². The van der Waals surface area contributed by atoms with Crippen LogP contribution < -0.4 is 31.2 Å². The lowest BCUT2D eigenvalue weighted by atomic mass is 9.96. The van der Waals surface area contributed by atoms with E-state index in [-0.39, 0.29) is 69.3 Å². The number of carboxylic acids is 1. The fourth-order valence-electron chi connectivity index (χ4n) is 6.97. The molecular weight excluding hydrogens is 971 g/mol. The number of alkyl carbamates (subject to hydrolysis) is 2. The van der Waals surface area contributed by atoms with Crippen molar-refractivity contribution in [3.8, 4) is 22.6 Å². The van der Waals surface area contributed by atoms with E-state index in [1.54, 1.807) is 109 Å². The highest BCUT2D eigenvalue weighted by Gasteiger charge is 2.33. The number of nitrogens with two attached hydrogens (primary N) is 1. The normalized spacial score (nSPS) is 12.0. The molecule has 6 aromatic rings. The minimum Gasteiger partial charge on any atom is -0.489 e. The molecule has 0 bridgehead atoms. The summed E-state index contributed by atoms with van der Waals surface area (Å²) in [4.78, 5) is 64.5. The second-order valence-electron chi connectivity index (χ2n) is 15.9. The van der Waals surface area contributed by atoms with Gasteiger partial charge in [0, 0.05) is 19.4 Å². The van der Waals surface area contributed by atoms with Crippen LogP contribution in [0.15, 0.2) is 133 Å². The minimum atomic E-state index is -2.48. The fourth-order valence-corrected chi connectivity index (χ4v) is 6.97. The molecule has 6 aromatic carbocycles. The number of aliphatic carboxylic acids is 1. The summed E-state index contributed by atoms with van der Waals surface area (Å²) in [7, 11) is 0. The van der Waals surface area contributed by atoms with Crippen molar-refractivity contribution in [3.05, 3.63) is 190 Å². The van der Waals surface area contributed by atoms with E-state index in [4.69, 9.17) is 24.7 Å². The largest absolute Gasteiger partial charge is 0.489 e. The Morgan fingerprint density at radius 1 is 0.569 bits per heavy atom. The molecule has 0 fully saturated rings. The number of benzene rings is 6. The van der Waals surface area contributed by atoms with Crippen molar-refractivity contribution in [2.75, 3.05) is 6.54 Å². The molecule has 3 atom stereocenters. The number of carbonyl (C=O) groups excluding carboxylic acids is 4. The number of hydrogen-bond acceptors (Lipinski definition) is 10. The van der Waals surface area contributed by atoms with Crippen LogP contribution in [0.4, 0.5) is 31.5 Å². The van der Waals surface area contributed by atoms with Crippen LogP contribution in [-0.4, -0.2) is 59.8 Å². The Bertz CT molecular complexity index is 2790. The molecule has 0 spiro atoms. The van der Waals surface area contributed by atoms with Crippen molar-refractivity contribution in [3.63, 3.8) is 0 Å². The van der Waals surface area contributed by atoms with Gasteiger partial charge in [-0.2, -0.15) is 8.78 Å². The van der Waals surface area contributed by atoms with Crippen LogP contribution in [0.5, 0.6) is 11.5 Å². The van der Waals surface area contributed by atoms with Gasteiger partial charge >= 0.3 is 24.1 Å². The summed E-state index contributed by atoms with van der Waals surface area (Å²) in [6.07, 6.45) is -2.22. The van der Waals surface area contributed by atoms with Gasteiger partial charge in [-0.3, -0.25) is 4.79 Å². The Morgan fingerprint density at radius 3 is 1.68 bits per heavy atom. The van der Waals surface area contributed by atoms with Crippen molar-refractivity contribution in [1.29, 1.82) is 0 Å². The Labute approximate surface area is 416 Å². The average Bonchev–Trinajstić information content (AvgIpc) is 3.38. The number of ether oxygens (including phenoxy) is 4. The maximum atomic E-state index is 14.8. The lowest BCUT2D eigenvalue weighted by Crippen LogP contribution is -2.49. The first-order valence-electron chi connectivity index (χ1n) is 22.0. The van der Waals surface area contributed by atoms with Gasteiger partial charge in [0.2, 0.25) is 40.7 Å². The summed E-state index contributed by atoms with van der Waals surface area (Å²) in [5.41, 5.74) is 9.75. The molecule has 0 saturated carbocycles. The van der Waals surface area contributed by atoms with E-state index in [0.717, 1.165) is 11.1 Å². The molecule has 0 aliphatic heterocycles. The molecular formula is C52H48ClF5N4O10. The fraction of sp³-hybridized carbons (Fsp3) is 0.212. The topological polar surface area (TPSA) is 205 Å². The number of hydrogen-bond donors (Lipinski definition) is 5. The zero-order chi connectivity index (χ0) is 50.9. The van der Waals surface area contributed by atoms with Crippen LogP contribution in [0.2, 0.25) is 0 Å². The van der Waals surface area contributed by atoms with E-state index in [9.17, 15) is 51.0 Å². The van der Waals surface area contributed by atoms with Crippen LogP contribution in [0.25, 0.3) is 11.1 Å². The number of halogens is 6. The van der Waals surface area contributed by atoms with E-state index < -0.39 is 89.4 Å². The molecule has 6 N–H and O–H groups in total. The Hall–Kier alpha value is -8.03. The maximum Gasteiger partial charge on any atom is 0.408 e. The molecule has 0 aromatic heterocycles. The molecule has 0 radical (unpaired) electrons. The second kappa shape index (κ2) is 26.8. The van der Waals surface area contributed by atoms with Gasteiger partial charge in [0.15, 0.2) is 0 Å². The molecule has 0 saturated heterocycles. The molecule has 0 unspecified atom stereocenters. The third kappa shape index (κ3) is 15.7. The smallest absolute Gasteiger partial charge is 0.408 e. The van der Waals surface area contributed by atoms with Gasteiger partial charge in [-0.05, 0) is 63.9 Å². The van der Waals surface area contributed by atoms with Gasteiger partial charge in [0.05, 0.1) is 6.04 Å². The van der Waals surface area contributed by atoms with Gasteiger partial charge in [-0.1, -0.05) is 121 Å². The highest BCUT2D eigenvalue weighted by molar-refractivity contribution is 5.87. The number of nitrogens with one attached hydrogen (secondary N) is 3. The van der Waals surface area contributed by atoms with Crippen molar-refractivity contribution >= 4 is 42.4 Å². The highest BCUT2D eigenvalue weighted by atomic mass is 35.5. The van der Waals surface area contributed by atoms with Gasteiger partial charge in [-0.15, -0.1) is 12.4 Å². The van der Waals surface area contributed by atoms with Crippen molar-refractivity contribution in [2.45, 2.75) is 63.6 Å². The van der Waals surface area contributed by atoms with Crippen molar-refractivity contribution in [2.24, 2.45) is 5.73 Å². The highest BCUT2D eigenvalue weighted by Crippen LogP contribution is 2.32. The van der Waals surface area contributed by atoms with Gasteiger partial charge < -0.3 is 45.7 Å². The molecule has 6 rings (SSSR count). The van der Waals surface area contributed by atoms with E-state index in [2.05, 4.69) is 16.0 Å². The number of rotatable bonds is 22. The standard InChI is InChI=1S/C52H47F5N4O10.ClH/c53-42-43(54)45(56)47(46(57)44(42)55)71-50(65)40(61-52(67)70-30-33-16-8-3-9-17-33)27-37-26-36(21-22-41(37)68-28-31-12-4-1-5-13-31)35-19-10-18-34(24-35)25-39(49(63)64)60-48(62)38(58)20-11-23-59-51(66)69-29-32-14-6-2-7-15-32;/h1-10,12-19,21-22,24,26,38-40H,11,20,23,25,27-30,58H2,(H,59,66)(H,60,62)(H,61,67)(H,63,64);1H/t38-,39-,40-;/m0./s1. The monoisotopic (exact) mass is 1020 g/mol. The summed E-state index contributed by atoms with van der Waals surface area (Å²) >= 11 is 0. The van der Waals surface area contributed by atoms with E-state index >= 15 is 0 Å². The summed E-state index contributed by atoms with van der Waals surface area (Å²) in [6, 6.07) is 33.2. The molecule has 0 aliphatic carbocycles. The maximum absolute atomic E-state index is 14.8. The Kier molecular flexibility index (Phi) is 20.4.